The molecular weight excluding hydrogens is 527 g/mol. The van der Waals surface area contributed by atoms with E-state index in [1.807, 2.05) is 0 Å². The highest BCUT2D eigenvalue weighted by molar-refractivity contribution is 6.47. The van der Waals surface area contributed by atoms with Crippen molar-refractivity contribution in [3.05, 3.63) is 52.6 Å². The number of amides is 5. The van der Waals surface area contributed by atoms with E-state index in [9.17, 15) is 44.3 Å². The number of hydrogen-bond donors (Lipinski definition) is 6. The zero-order valence-electron chi connectivity index (χ0n) is 21.6. The Kier molecular flexibility index (Phi) is 7.86. The van der Waals surface area contributed by atoms with E-state index in [-0.39, 0.29) is 42.9 Å². The molecule has 2 aromatic carbocycles. The molecule has 2 aliphatic heterocycles. The van der Waals surface area contributed by atoms with Crippen LogP contribution in [0, 0.1) is 6.92 Å². The Morgan fingerprint density at radius 2 is 1.82 bits per heavy atom. The number of hydrogen-bond acceptors (Lipinski definition) is 9. The molecule has 1 fully saturated rings. The largest absolute Gasteiger partial charge is 0.547 e. The number of para-hydroxylation sites is 1. The van der Waals surface area contributed by atoms with Gasteiger partial charge >= 0.3 is 30.9 Å². The number of aromatic carboxylic acids is 1. The first-order chi connectivity index (χ1) is 18.9. The van der Waals surface area contributed by atoms with Crippen molar-refractivity contribution in [1.29, 1.82) is 0 Å². The van der Waals surface area contributed by atoms with Crippen LogP contribution in [0.5, 0.6) is 17.2 Å². The van der Waals surface area contributed by atoms with E-state index >= 15 is 0 Å². The third kappa shape index (κ3) is 5.36. The normalized spacial score (nSPS) is 17.6. The fraction of sp³-hybridized carbons (Fsp3) is 0.320. The van der Waals surface area contributed by atoms with E-state index in [4.69, 9.17) is 4.65 Å². The first-order valence-electron chi connectivity index (χ1n) is 12.4. The number of piperazine rings is 1. The van der Waals surface area contributed by atoms with Gasteiger partial charge in [0.25, 0.3) is 0 Å². The molecular formula is C25H27BN4O10. The van der Waals surface area contributed by atoms with E-state index in [1.165, 1.54) is 30.0 Å². The van der Waals surface area contributed by atoms with Crippen LogP contribution in [-0.2, 0) is 20.8 Å². The number of urea groups is 1. The van der Waals surface area contributed by atoms with Gasteiger partial charge in [-0.05, 0) is 55.2 Å². The maximum absolute atomic E-state index is 13.5. The number of aromatic hydroxyl groups is 2. The van der Waals surface area contributed by atoms with Crippen LogP contribution in [0.3, 0.4) is 0 Å². The summed E-state index contributed by atoms with van der Waals surface area (Å²) in [6.45, 7) is 3.47. The summed E-state index contributed by atoms with van der Waals surface area (Å²) in [5.74, 6) is -6.24. The zero-order valence-corrected chi connectivity index (χ0v) is 21.6. The molecule has 40 heavy (non-hydrogen) atoms. The second-order valence-electron chi connectivity index (χ2n) is 9.35. The molecule has 210 valence electrons. The average molecular weight is 554 g/mol. The number of phenolic OH excluding ortho intramolecular Hbond substituents is 2. The van der Waals surface area contributed by atoms with Gasteiger partial charge in [0.1, 0.15) is 11.8 Å². The predicted octanol–water partition coefficient (Wildman–Crippen LogP) is -0.315. The summed E-state index contributed by atoms with van der Waals surface area (Å²) in [4.78, 5) is 65.0. The van der Waals surface area contributed by atoms with Crippen molar-refractivity contribution in [3.63, 3.8) is 0 Å². The monoisotopic (exact) mass is 554 g/mol. The van der Waals surface area contributed by atoms with E-state index in [0.29, 0.717) is 16.0 Å². The van der Waals surface area contributed by atoms with Gasteiger partial charge in [-0.3, -0.25) is 19.3 Å². The number of phenols is 2. The Morgan fingerprint density at radius 3 is 2.50 bits per heavy atom. The summed E-state index contributed by atoms with van der Waals surface area (Å²) in [7, 11) is -1.65. The van der Waals surface area contributed by atoms with Crippen LogP contribution in [0.1, 0.15) is 40.0 Å². The fourth-order valence-corrected chi connectivity index (χ4v) is 4.65. The smallest absolute Gasteiger partial charge is 0.534 e. The minimum atomic E-state index is -1.65. The Bertz CT molecular complexity index is 1400. The number of rotatable bonds is 6. The van der Waals surface area contributed by atoms with Crippen LogP contribution in [0.25, 0.3) is 0 Å². The molecule has 1 unspecified atom stereocenters. The summed E-state index contributed by atoms with van der Waals surface area (Å²) >= 11 is 0. The highest BCUT2D eigenvalue weighted by atomic mass is 16.5. The maximum atomic E-state index is 13.5. The molecule has 2 atom stereocenters. The highest BCUT2D eigenvalue weighted by Crippen LogP contribution is 2.33. The van der Waals surface area contributed by atoms with Crippen LogP contribution < -0.4 is 15.3 Å². The summed E-state index contributed by atoms with van der Waals surface area (Å²) in [6.07, 6.45) is -0.0181. The number of benzene rings is 2. The SMILES string of the molecule is CCN1CCN(C(=O)NC(C(=O)N[C@H]2Cc3cccc(C(=O)O)c3OB2O)c2cc(O)c(O)cc2C)C(=O)C1=O. The lowest BCUT2D eigenvalue weighted by molar-refractivity contribution is -0.153. The summed E-state index contributed by atoms with van der Waals surface area (Å²) in [6, 6.07) is 4.03. The van der Waals surface area contributed by atoms with Gasteiger partial charge in [0.05, 0.1) is 11.5 Å². The molecule has 0 radical (unpaired) electrons. The zero-order chi connectivity index (χ0) is 29.3. The number of carbonyl (C=O) groups excluding carboxylic acids is 4. The van der Waals surface area contributed by atoms with Gasteiger partial charge in [-0.15, -0.1) is 0 Å². The standard InChI is InChI=1S/C25H27BN4O10/c1-3-29-7-8-30(23(35)22(29)34)25(38)28-19(15-11-17(32)16(31)9-12(15)2)21(33)27-18-10-13-5-4-6-14(24(36)37)20(13)40-26(18)39/h4-6,9,11,18-19,31-32,39H,3,7-8,10H2,1-2H3,(H,27,33)(H,28,38)(H,36,37)/t18-,19?/m0/s1. The number of carbonyl (C=O) groups is 5. The molecule has 6 N–H and O–H groups in total. The Hall–Kier alpha value is -4.79. The number of carboxylic acids is 1. The second-order valence-corrected chi connectivity index (χ2v) is 9.35. The van der Waals surface area contributed by atoms with E-state index < -0.39 is 60.3 Å². The minimum Gasteiger partial charge on any atom is -0.534 e. The number of likely N-dealkylation sites (N-methyl/N-ethyl adjacent to an activating group) is 1. The molecule has 0 aliphatic carbocycles. The van der Waals surface area contributed by atoms with Crippen molar-refractivity contribution in [2.24, 2.45) is 0 Å². The number of carboxylic acid groups (broad SMARTS) is 1. The third-order valence-corrected chi connectivity index (χ3v) is 6.82. The summed E-state index contributed by atoms with van der Waals surface area (Å²) in [5.41, 5.74) is 0.606. The van der Waals surface area contributed by atoms with Gasteiger partial charge in [0.15, 0.2) is 11.5 Å². The van der Waals surface area contributed by atoms with E-state index in [0.717, 1.165) is 6.07 Å². The van der Waals surface area contributed by atoms with Gasteiger partial charge in [0.2, 0.25) is 5.91 Å². The molecule has 2 aromatic rings. The lowest BCUT2D eigenvalue weighted by Crippen LogP contribution is -2.60. The molecule has 0 bridgehead atoms. The Balaban J connectivity index is 1.61. The quantitative estimate of drug-likeness (QED) is 0.156. The molecule has 2 heterocycles. The molecule has 0 saturated carbocycles. The highest BCUT2D eigenvalue weighted by Gasteiger charge is 2.41. The average Bonchev–Trinajstić information content (AvgIpc) is 2.90. The topological polar surface area (TPSA) is 206 Å². The van der Waals surface area contributed by atoms with Crippen LogP contribution in [-0.4, -0.2) is 92.6 Å². The van der Waals surface area contributed by atoms with Gasteiger partial charge in [0, 0.05) is 19.6 Å². The first-order valence-corrected chi connectivity index (χ1v) is 12.4. The molecule has 14 nitrogen and oxygen atoms in total. The fourth-order valence-electron chi connectivity index (χ4n) is 4.65. The van der Waals surface area contributed by atoms with Crippen molar-refractivity contribution >= 4 is 36.8 Å². The number of fused-ring (bicyclic) bond motifs is 1. The van der Waals surface area contributed by atoms with Gasteiger partial charge < -0.3 is 40.5 Å². The number of nitrogens with one attached hydrogen (secondary N) is 2. The van der Waals surface area contributed by atoms with Crippen molar-refractivity contribution in [2.75, 3.05) is 19.6 Å². The Labute approximate surface area is 228 Å². The van der Waals surface area contributed by atoms with Crippen molar-refractivity contribution in [1.82, 2.24) is 20.4 Å². The first kappa shape index (κ1) is 28.2. The molecule has 4 rings (SSSR count). The van der Waals surface area contributed by atoms with E-state index in [1.54, 1.807) is 13.0 Å². The summed E-state index contributed by atoms with van der Waals surface area (Å²) in [5, 5.41) is 44.9. The van der Waals surface area contributed by atoms with Crippen molar-refractivity contribution < 1.29 is 49.0 Å². The van der Waals surface area contributed by atoms with Crippen molar-refractivity contribution in [2.45, 2.75) is 32.3 Å². The molecule has 2 aliphatic rings. The van der Waals surface area contributed by atoms with Gasteiger partial charge in [-0.25, -0.2) is 9.59 Å². The molecule has 15 heteroatoms. The number of imide groups is 1. The van der Waals surface area contributed by atoms with Crippen LogP contribution in [0.4, 0.5) is 4.79 Å². The van der Waals surface area contributed by atoms with Gasteiger partial charge in [-0.2, -0.15) is 0 Å². The summed E-state index contributed by atoms with van der Waals surface area (Å²) < 4.78 is 5.41. The van der Waals surface area contributed by atoms with Crippen LogP contribution >= 0.6 is 0 Å². The molecule has 5 amide bonds. The molecule has 0 aromatic heterocycles. The van der Waals surface area contributed by atoms with Crippen LogP contribution in [0.15, 0.2) is 30.3 Å². The van der Waals surface area contributed by atoms with Crippen LogP contribution in [0.2, 0.25) is 0 Å². The predicted molar refractivity (Wildman–Crippen MR) is 137 cm³/mol. The third-order valence-electron chi connectivity index (χ3n) is 6.82. The number of aryl methyl sites for hydroxylation is 1. The maximum Gasteiger partial charge on any atom is 0.547 e. The lowest BCUT2D eigenvalue weighted by atomic mass is 9.72. The molecule has 1 saturated heterocycles. The second kappa shape index (κ2) is 11.1. The molecule has 0 spiro atoms. The van der Waals surface area contributed by atoms with E-state index in [2.05, 4.69) is 10.6 Å². The lowest BCUT2D eigenvalue weighted by Gasteiger charge is -2.33. The Morgan fingerprint density at radius 1 is 1.12 bits per heavy atom. The minimum absolute atomic E-state index is 0.0181. The van der Waals surface area contributed by atoms with Crippen molar-refractivity contribution in [3.8, 4) is 17.2 Å². The number of nitrogens with zero attached hydrogens (tertiary/aromatic N) is 2. The van der Waals surface area contributed by atoms with Gasteiger partial charge in [-0.1, -0.05) is 12.1 Å².